The fraction of sp³-hybridized carbons (Fsp3) is 0.0323. The molecule has 0 saturated heterocycles. The van der Waals surface area contributed by atoms with E-state index >= 15 is 0 Å². The van der Waals surface area contributed by atoms with Crippen LogP contribution in [0.3, 0.4) is 0 Å². The van der Waals surface area contributed by atoms with E-state index in [4.69, 9.17) is 5.73 Å². The van der Waals surface area contributed by atoms with E-state index < -0.39 is 17.7 Å². The predicted molar refractivity (Wildman–Crippen MR) is 165 cm³/mol. The van der Waals surface area contributed by atoms with Crippen LogP contribution in [0, 0.1) is 0 Å². The monoisotopic (exact) mass is 628 g/mol. The molecule has 0 spiro atoms. The zero-order chi connectivity index (χ0) is 29.2. The molecule has 0 radical (unpaired) electrons. The number of amides is 4. The summed E-state index contributed by atoms with van der Waals surface area (Å²) in [6, 6.07) is 29.3. The van der Waals surface area contributed by atoms with Gasteiger partial charge in [-0.05, 0) is 78.4 Å². The number of carbonyl (C=O) groups excluding carboxylic acids is 4. The molecule has 0 fully saturated rings. The molecule has 0 bridgehead atoms. The lowest BCUT2D eigenvalue weighted by Crippen LogP contribution is -2.30. The lowest BCUT2D eigenvalue weighted by Gasteiger charge is -2.12. The van der Waals surface area contributed by atoms with Gasteiger partial charge in [0.25, 0.3) is 11.8 Å². The number of hydrogen-bond acceptors (Lipinski definition) is 5. The second kappa shape index (κ2) is 14.1. The molecule has 206 valence electrons. The van der Waals surface area contributed by atoms with Crippen LogP contribution < -0.4 is 21.7 Å². The Kier molecular flexibility index (Phi) is 10.1. The van der Waals surface area contributed by atoms with Crippen LogP contribution in [0.4, 0.5) is 11.4 Å². The molecule has 4 aromatic rings. The summed E-state index contributed by atoms with van der Waals surface area (Å²) >= 11 is 4.69. The second-order valence-corrected chi connectivity index (χ2v) is 10.7. The number of rotatable bonds is 10. The van der Waals surface area contributed by atoms with Gasteiger partial charge in [-0.3, -0.25) is 19.2 Å². The summed E-state index contributed by atoms with van der Waals surface area (Å²) in [6.45, 7) is 0. The minimum absolute atomic E-state index is 0.0703. The maximum atomic E-state index is 13.3. The van der Waals surface area contributed by atoms with Crippen molar-refractivity contribution in [3.63, 3.8) is 0 Å². The average molecular weight is 630 g/mol. The number of anilines is 2. The van der Waals surface area contributed by atoms with Crippen molar-refractivity contribution >= 4 is 68.8 Å². The van der Waals surface area contributed by atoms with Crippen LogP contribution in [-0.4, -0.2) is 29.4 Å². The van der Waals surface area contributed by atoms with Crippen LogP contribution in [-0.2, 0) is 9.59 Å². The molecule has 41 heavy (non-hydrogen) atoms. The van der Waals surface area contributed by atoms with E-state index in [1.54, 1.807) is 78.9 Å². The minimum Gasteiger partial charge on any atom is -0.366 e. The number of primary amides is 1. The van der Waals surface area contributed by atoms with Crippen molar-refractivity contribution in [2.45, 2.75) is 4.90 Å². The Morgan fingerprint density at radius 2 is 1.46 bits per heavy atom. The number of hydrogen-bond donors (Lipinski definition) is 4. The molecule has 0 saturated carbocycles. The van der Waals surface area contributed by atoms with Gasteiger partial charge in [-0.15, -0.1) is 11.8 Å². The van der Waals surface area contributed by atoms with Crippen molar-refractivity contribution in [1.82, 2.24) is 5.32 Å². The molecule has 0 heterocycles. The van der Waals surface area contributed by atoms with E-state index in [9.17, 15) is 19.2 Å². The van der Waals surface area contributed by atoms with E-state index in [0.717, 1.165) is 14.9 Å². The Morgan fingerprint density at radius 1 is 0.756 bits per heavy atom. The number of nitrogens with one attached hydrogen (secondary N) is 3. The van der Waals surface area contributed by atoms with Crippen LogP contribution in [0.2, 0.25) is 0 Å². The number of nitrogens with two attached hydrogens (primary N) is 1. The standard InChI is InChI=1S/C31H25BrN4O4S/c32-23-13-9-20(10-14-23)17-27(36-30(39)22-5-2-1-3-6-22)31(40)35-25-7-4-8-26(18-25)41-19-28(37)34-24-15-11-21(12-16-24)29(33)38/h1-18H,19H2,(H2,33,38)(H,34,37)(H,35,40)(H,36,39)/b27-17-. The molecule has 0 aromatic heterocycles. The molecule has 10 heteroatoms. The van der Waals surface area contributed by atoms with Gasteiger partial charge in [-0.25, -0.2) is 0 Å². The van der Waals surface area contributed by atoms with Crippen LogP contribution in [0.5, 0.6) is 0 Å². The Hall–Kier alpha value is -4.67. The Balaban J connectivity index is 1.42. The quantitative estimate of drug-likeness (QED) is 0.132. The lowest BCUT2D eigenvalue weighted by molar-refractivity contribution is -0.114. The van der Waals surface area contributed by atoms with Gasteiger partial charge >= 0.3 is 0 Å². The van der Waals surface area contributed by atoms with Crippen molar-refractivity contribution in [1.29, 1.82) is 0 Å². The highest BCUT2D eigenvalue weighted by Crippen LogP contribution is 2.23. The molecule has 4 amide bonds. The third-order valence-electron chi connectivity index (χ3n) is 5.62. The Bertz CT molecular complexity index is 1590. The zero-order valence-electron chi connectivity index (χ0n) is 21.6. The lowest BCUT2D eigenvalue weighted by atomic mass is 10.1. The van der Waals surface area contributed by atoms with Gasteiger partial charge in [0.15, 0.2) is 0 Å². The molecule has 0 aliphatic carbocycles. The number of carbonyl (C=O) groups is 4. The van der Waals surface area contributed by atoms with E-state index in [1.165, 1.54) is 11.8 Å². The van der Waals surface area contributed by atoms with Crippen molar-refractivity contribution in [2.75, 3.05) is 16.4 Å². The third kappa shape index (κ3) is 8.92. The maximum Gasteiger partial charge on any atom is 0.272 e. The molecule has 0 atom stereocenters. The molecular weight excluding hydrogens is 604 g/mol. The van der Waals surface area contributed by atoms with Gasteiger partial charge in [-0.2, -0.15) is 0 Å². The van der Waals surface area contributed by atoms with Crippen LogP contribution >= 0.6 is 27.7 Å². The fourth-order valence-electron chi connectivity index (χ4n) is 3.59. The number of halogens is 1. The molecule has 0 aliphatic heterocycles. The molecule has 0 aliphatic rings. The molecule has 8 nitrogen and oxygen atoms in total. The zero-order valence-corrected chi connectivity index (χ0v) is 24.0. The topological polar surface area (TPSA) is 130 Å². The van der Waals surface area contributed by atoms with Crippen molar-refractivity contribution in [3.05, 3.63) is 130 Å². The molecule has 5 N–H and O–H groups in total. The Labute approximate surface area is 249 Å². The molecule has 4 aromatic carbocycles. The fourth-order valence-corrected chi connectivity index (χ4v) is 4.61. The summed E-state index contributed by atoms with van der Waals surface area (Å²) in [5.74, 6) is -1.57. The van der Waals surface area contributed by atoms with Gasteiger partial charge in [0.05, 0.1) is 5.75 Å². The third-order valence-corrected chi connectivity index (χ3v) is 7.15. The summed E-state index contributed by atoms with van der Waals surface area (Å²) in [5, 5.41) is 8.31. The predicted octanol–water partition coefficient (Wildman–Crippen LogP) is 5.69. The minimum atomic E-state index is -0.542. The second-order valence-electron chi connectivity index (χ2n) is 8.69. The normalized spacial score (nSPS) is 10.9. The highest BCUT2D eigenvalue weighted by Gasteiger charge is 2.15. The highest BCUT2D eigenvalue weighted by atomic mass is 79.9. The van der Waals surface area contributed by atoms with Crippen molar-refractivity contribution in [3.8, 4) is 0 Å². The first-order valence-electron chi connectivity index (χ1n) is 12.3. The van der Waals surface area contributed by atoms with E-state index in [-0.39, 0.29) is 17.4 Å². The maximum absolute atomic E-state index is 13.3. The Morgan fingerprint density at radius 3 is 2.15 bits per heavy atom. The highest BCUT2D eigenvalue weighted by molar-refractivity contribution is 9.10. The first-order chi connectivity index (χ1) is 19.8. The van der Waals surface area contributed by atoms with Gasteiger partial charge in [-0.1, -0.05) is 52.3 Å². The van der Waals surface area contributed by atoms with Crippen LogP contribution in [0.15, 0.2) is 118 Å². The first-order valence-corrected chi connectivity index (χ1v) is 14.1. The molecular formula is C31H25BrN4O4S. The molecule has 0 unspecified atom stereocenters. The van der Waals surface area contributed by atoms with E-state index in [2.05, 4.69) is 31.9 Å². The van der Waals surface area contributed by atoms with E-state index in [1.807, 2.05) is 30.3 Å². The van der Waals surface area contributed by atoms with Crippen molar-refractivity contribution < 1.29 is 19.2 Å². The average Bonchev–Trinajstić information content (AvgIpc) is 2.97. The largest absolute Gasteiger partial charge is 0.366 e. The van der Waals surface area contributed by atoms with E-state index in [0.29, 0.717) is 22.5 Å². The summed E-state index contributed by atoms with van der Waals surface area (Å²) in [4.78, 5) is 50.5. The summed E-state index contributed by atoms with van der Waals surface area (Å²) in [5.41, 5.74) is 7.86. The first kappa shape index (κ1) is 29.3. The van der Waals surface area contributed by atoms with Crippen molar-refractivity contribution in [2.24, 2.45) is 5.73 Å². The van der Waals surface area contributed by atoms with Gasteiger partial charge < -0.3 is 21.7 Å². The van der Waals surface area contributed by atoms with Gasteiger partial charge in [0, 0.05) is 31.9 Å². The summed E-state index contributed by atoms with van der Waals surface area (Å²) in [6.07, 6.45) is 1.60. The summed E-state index contributed by atoms with van der Waals surface area (Å²) in [7, 11) is 0. The van der Waals surface area contributed by atoms with Crippen LogP contribution in [0.25, 0.3) is 6.08 Å². The van der Waals surface area contributed by atoms with Gasteiger partial charge in [0.2, 0.25) is 11.8 Å². The smallest absolute Gasteiger partial charge is 0.272 e. The SMILES string of the molecule is NC(=O)c1ccc(NC(=O)CSc2cccc(NC(=O)/C(=C/c3ccc(Br)cc3)NC(=O)c3ccccc3)c2)cc1. The molecule has 4 rings (SSSR count). The number of benzene rings is 4. The summed E-state index contributed by atoms with van der Waals surface area (Å²) < 4.78 is 0.887. The van der Waals surface area contributed by atoms with Gasteiger partial charge in [0.1, 0.15) is 5.70 Å². The van der Waals surface area contributed by atoms with Crippen LogP contribution in [0.1, 0.15) is 26.3 Å². The number of thioether (sulfide) groups is 1.